The Labute approximate surface area is 102 Å². The van der Waals surface area contributed by atoms with E-state index in [0.29, 0.717) is 10.2 Å². The zero-order valence-electron chi connectivity index (χ0n) is 9.16. The minimum atomic E-state index is -0.184. The lowest BCUT2D eigenvalue weighted by molar-refractivity contribution is -0.116. The van der Waals surface area contributed by atoms with Crippen molar-refractivity contribution >= 4 is 27.5 Å². The molecule has 0 radical (unpaired) electrons. The van der Waals surface area contributed by atoms with Crippen LogP contribution in [0.2, 0.25) is 0 Å². The number of carbonyl (C=O) groups excluding carboxylic acids is 1. The highest BCUT2D eigenvalue weighted by Crippen LogP contribution is 2.11. The molecule has 0 aliphatic rings. The van der Waals surface area contributed by atoms with E-state index in [1.54, 1.807) is 26.2 Å². The van der Waals surface area contributed by atoms with Crippen LogP contribution in [-0.4, -0.2) is 16.5 Å². The average molecular weight is 288 g/mol. The fraction of sp³-hybridized carbons (Fsp3) is 0.400. The van der Waals surface area contributed by atoms with Gasteiger partial charge in [-0.2, -0.15) is 0 Å². The van der Waals surface area contributed by atoms with Crippen molar-refractivity contribution < 1.29 is 4.79 Å². The number of nitrogens with zero attached hydrogens (tertiary/aromatic N) is 1. The van der Waals surface area contributed by atoms with Crippen molar-refractivity contribution in [2.75, 3.05) is 5.32 Å². The van der Waals surface area contributed by atoms with Gasteiger partial charge in [-0.15, -0.1) is 0 Å². The van der Waals surface area contributed by atoms with Gasteiger partial charge >= 0.3 is 0 Å². The molecule has 6 heteroatoms. The van der Waals surface area contributed by atoms with Crippen LogP contribution < -0.4 is 16.6 Å². The molecule has 1 heterocycles. The Kier molecular flexibility index (Phi) is 4.26. The van der Waals surface area contributed by atoms with Gasteiger partial charge in [0, 0.05) is 25.7 Å². The molecule has 0 bridgehead atoms. The molecule has 0 aromatic carbocycles. The quantitative estimate of drug-likeness (QED) is 0.864. The van der Waals surface area contributed by atoms with Gasteiger partial charge in [0.2, 0.25) is 5.91 Å². The van der Waals surface area contributed by atoms with Crippen LogP contribution in [0.25, 0.3) is 0 Å². The second-order valence-corrected chi connectivity index (χ2v) is 4.58. The molecule has 0 spiro atoms. The van der Waals surface area contributed by atoms with Crippen molar-refractivity contribution in [1.29, 1.82) is 0 Å². The van der Waals surface area contributed by atoms with Gasteiger partial charge < -0.3 is 15.6 Å². The number of aryl methyl sites for hydroxylation is 1. The number of nitrogens with one attached hydrogen (secondary N) is 1. The van der Waals surface area contributed by atoms with Crippen molar-refractivity contribution in [1.82, 2.24) is 4.57 Å². The normalized spacial score (nSPS) is 12.2. The van der Waals surface area contributed by atoms with Crippen LogP contribution in [0.1, 0.15) is 13.3 Å². The summed E-state index contributed by atoms with van der Waals surface area (Å²) in [7, 11) is 1.62. The molecule has 0 aliphatic carbocycles. The summed E-state index contributed by atoms with van der Waals surface area (Å²) in [6, 6.07) is 1.39. The second-order valence-electron chi connectivity index (χ2n) is 3.72. The summed E-state index contributed by atoms with van der Waals surface area (Å²) in [6.07, 6.45) is 1.81. The number of hydrogen-bond donors (Lipinski definition) is 2. The number of pyridine rings is 1. The maximum absolute atomic E-state index is 11.4. The summed E-state index contributed by atoms with van der Waals surface area (Å²) >= 11 is 3.13. The standard InChI is InChI=1S/C10H14BrN3O2/c1-6(12)3-9(15)13-7-4-8(11)10(16)14(2)5-7/h4-6H,3,12H2,1-2H3,(H,13,15). The Balaban J connectivity index is 2.83. The summed E-state index contributed by atoms with van der Waals surface area (Å²) in [5.41, 5.74) is 5.93. The fourth-order valence-electron chi connectivity index (χ4n) is 1.24. The Bertz CT molecular complexity index is 428. The van der Waals surface area contributed by atoms with E-state index in [0.717, 1.165) is 0 Å². The first-order valence-corrected chi connectivity index (χ1v) is 5.61. The lowest BCUT2D eigenvalue weighted by Crippen LogP contribution is -2.25. The molecule has 5 nitrogen and oxygen atoms in total. The number of aromatic nitrogens is 1. The number of hydrogen-bond acceptors (Lipinski definition) is 3. The smallest absolute Gasteiger partial charge is 0.264 e. The van der Waals surface area contributed by atoms with E-state index in [1.807, 2.05) is 0 Å². The van der Waals surface area contributed by atoms with Gasteiger partial charge in [0.05, 0.1) is 10.2 Å². The summed E-state index contributed by atoms with van der Waals surface area (Å²) in [4.78, 5) is 22.8. The van der Waals surface area contributed by atoms with Gasteiger partial charge in [0.25, 0.3) is 5.56 Å². The number of nitrogens with two attached hydrogens (primary N) is 1. The third-order valence-corrected chi connectivity index (χ3v) is 2.50. The third kappa shape index (κ3) is 3.46. The van der Waals surface area contributed by atoms with E-state index in [9.17, 15) is 9.59 Å². The second kappa shape index (κ2) is 5.27. The summed E-state index contributed by atoms with van der Waals surface area (Å²) < 4.78 is 1.81. The number of halogens is 1. The number of rotatable bonds is 3. The van der Waals surface area contributed by atoms with Gasteiger partial charge in [-0.1, -0.05) is 0 Å². The van der Waals surface area contributed by atoms with Crippen molar-refractivity contribution in [3.8, 4) is 0 Å². The van der Waals surface area contributed by atoms with Crippen molar-refractivity contribution in [2.24, 2.45) is 12.8 Å². The molecular weight excluding hydrogens is 274 g/mol. The lowest BCUT2D eigenvalue weighted by Gasteiger charge is -2.08. The molecular formula is C10H14BrN3O2. The molecule has 1 aromatic heterocycles. The van der Waals surface area contributed by atoms with Crippen LogP contribution in [0.4, 0.5) is 5.69 Å². The van der Waals surface area contributed by atoms with Crippen molar-refractivity contribution in [2.45, 2.75) is 19.4 Å². The first-order valence-electron chi connectivity index (χ1n) is 4.81. The van der Waals surface area contributed by atoms with Gasteiger partial charge in [0.15, 0.2) is 0 Å². The third-order valence-electron chi connectivity index (χ3n) is 1.93. The zero-order valence-corrected chi connectivity index (χ0v) is 10.7. The van der Waals surface area contributed by atoms with Crippen molar-refractivity contribution in [3.63, 3.8) is 0 Å². The van der Waals surface area contributed by atoms with E-state index >= 15 is 0 Å². The Morgan fingerprint density at radius 2 is 2.31 bits per heavy atom. The van der Waals surface area contributed by atoms with E-state index < -0.39 is 0 Å². The zero-order chi connectivity index (χ0) is 12.3. The number of amides is 1. The Hall–Kier alpha value is -1.14. The number of anilines is 1. The topological polar surface area (TPSA) is 77.1 Å². The van der Waals surface area contributed by atoms with E-state index in [2.05, 4.69) is 21.2 Å². The highest BCUT2D eigenvalue weighted by molar-refractivity contribution is 9.10. The molecule has 0 aliphatic heterocycles. The fourth-order valence-corrected chi connectivity index (χ4v) is 1.77. The SMILES string of the molecule is CC(N)CC(=O)Nc1cc(Br)c(=O)n(C)c1. The minimum absolute atomic E-state index is 0.148. The summed E-state index contributed by atoms with van der Waals surface area (Å²) in [5.74, 6) is -0.166. The first kappa shape index (κ1) is 12.9. The Morgan fingerprint density at radius 3 is 2.81 bits per heavy atom. The number of carbonyl (C=O) groups is 1. The molecule has 1 unspecified atom stereocenters. The molecule has 0 saturated carbocycles. The lowest BCUT2D eigenvalue weighted by atomic mass is 10.2. The van der Waals surface area contributed by atoms with Crippen LogP contribution in [-0.2, 0) is 11.8 Å². The summed E-state index contributed by atoms with van der Waals surface area (Å²) in [6.45, 7) is 1.76. The van der Waals surface area contributed by atoms with Crippen LogP contribution in [0, 0.1) is 0 Å². The monoisotopic (exact) mass is 287 g/mol. The van der Waals surface area contributed by atoms with Crippen molar-refractivity contribution in [3.05, 3.63) is 27.1 Å². The highest BCUT2D eigenvalue weighted by atomic mass is 79.9. The maximum atomic E-state index is 11.4. The summed E-state index contributed by atoms with van der Waals surface area (Å²) in [5, 5.41) is 2.67. The molecule has 1 amide bonds. The maximum Gasteiger partial charge on any atom is 0.264 e. The largest absolute Gasteiger partial charge is 0.327 e. The van der Waals surface area contributed by atoms with E-state index in [4.69, 9.17) is 5.73 Å². The molecule has 1 aromatic rings. The van der Waals surface area contributed by atoms with Crippen LogP contribution >= 0.6 is 15.9 Å². The molecule has 1 atom stereocenters. The highest BCUT2D eigenvalue weighted by Gasteiger charge is 2.07. The van der Waals surface area contributed by atoms with Gasteiger partial charge in [-0.3, -0.25) is 9.59 Å². The van der Waals surface area contributed by atoms with Gasteiger partial charge in [0.1, 0.15) is 0 Å². The minimum Gasteiger partial charge on any atom is -0.327 e. The molecule has 16 heavy (non-hydrogen) atoms. The predicted octanol–water partition coefficient (Wildman–Crippen LogP) is 0.824. The van der Waals surface area contributed by atoms with Gasteiger partial charge in [-0.25, -0.2) is 0 Å². The van der Waals surface area contributed by atoms with Crippen LogP contribution in [0.5, 0.6) is 0 Å². The predicted molar refractivity (Wildman–Crippen MR) is 66.3 cm³/mol. The first-order chi connectivity index (χ1) is 7.40. The van der Waals surface area contributed by atoms with Crippen LogP contribution in [0.15, 0.2) is 21.5 Å². The van der Waals surface area contributed by atoms with Crippen LogP contribution in [0.3, 0.4) is 0 Å². The Morgan fingerprint density at radius 1 is 1.69 bits per heavy atom. The molecule has 88 valence electrons. The molecule has 0 fully saturated rings. The molecule has 0 saturated heterocycles. The average Bonchev–Trinajstić information content (AvgIpc) is 2.12. The van der Waals surface area contributed by atoms with Gasteiger partial charge in [-0.05, 0) is 28.9 Å². The van der Waals surface area contributed by atoms with E-state index in [1.165, 1.54) is 4.57 Å². The van der Waals surface area contributed by atoms with E-state index in [-0.39, 0.29) is 23.9 Å². The molecule has 1 rings (SSSR count). The molecule has 3 N–H and O–H groups in total.